The highest BCUT2D eigenvalue weighted by molar-refractivity contribution is 5.71. The molecule has 1 aromatic carbocycles. The zero-order valence-electron chi connectivity index (χ0n) is 15.8. The van der Waals surface area contributed by atoms with Crippen molar-refractivity contribution in [1.29, 1.82) is 0 Å². The quantitative estimate of drug-likeness (QED) is 0.690. The van der Waals surface area contributed by atoms with Gasteiger partial charge in [0.2, 0.25) is 0 Å². The number of imidazole rings is 1. The SMILES string of the molecule is CCCCn1c(=O)[nH]c(=O)c2c1nc(CN(CC)c1cccc(F)c1)n2C. The lowest BCUT2D eigenvalue weighted by atomic mass is 10.2. The normalized spacial score (nSPS) is 11.3. The van der Waals surface area contributed by atoms with Crippen LogP contribution in [0.5, 0.6) is 0 Å². The Morgan fingerprint density at radius 1 is 1.26 bits per heavy atom. The van der Waals surface area contributed by atoms with Crippen molar-refractivity contribution in [3.05, 3.63) is 56.7 Å². The number of aromatic nitrogens is 4. The summed E-state index contributed by atoms with van der Waals surface area (Å²) < 4.78 is 16.8. The van der Waals surface area contributed by atoms with E-state index < -0.39 is 11.2 Å². The average Bonchev–Trinajstić information content (AvgIpc) is 2.96. The summed E-state index contributed by atoms with van der Waals surface area (Å²) in [6, 6.07) is 6.36. The van der Waals surface area contributed by atoms with Gasteiger partial charge in [0.1, 0.15) is 11.6 Å². The minimum Gasteiger partial charge on any atom is -0.364 e. The van der Waals surface area contributed by atoms with Crippen molar-refractivity contribution in [2.45, 2.75) is 39.8 Å². The minimum atomic E-state index is -0.446. The Labute approximate surface area is 156 Å². The van der Waals surface area contributed by atoms with E-state index in [2.05, 4.69) is 9.97 Å². The number of hydrogen-bond acceptors (Lipinski definition) is 4. The van der Waals surface area contributed by atoms with Gasteiger partial charge in [-0.1, -0.05) is 19.4 Å². The second-order valence-electron chi connectivity index (χ2n) is 6.52. The van der Waals surface area contributed by atoms with Crippen LogP contribution < -0.4 is 16.1 Å². The lowest BCUT2D eigenvalue weighted by Gasteiger charge is -2.22. The van der Waals surface area contributed by atoms with Crippen molar-refractivity contribution in [2.75, 3.05) is 11.4 Å². The predicted molar refractivity (Wildman–Crippen MR) is 104 cm³/mol. The molecule has 0 aliphatic rings. The summed E-state index contributed by atoms with van der Waals surface area (Å²) in [5.74, 6) is 0.332. The van der Waals surface area contributed by atoms with Gasteiger partial charge in [-0.15, -0.1) is 0 Å². The van der Waals surface area contributed by atoms with E-state index in [0.717, 1.165) is 18.5 Å². The van der Waals surface area contributed by atoms with E-state index in [1.165, 1.54) is 16.7 Å². The van der Waals surface area contributed by atoms with Gasteiger partial charge in [-0.05, 0) is 31.5 Å². The molecule has 0 saturated carbocycles. The Kier molecular flexibility index (Phi) is 5.43. The van der Waals surface area contributed by atoms with Gasteiger partial charge in [0, 0.05) is 25.8 Å². The maximum absolute atomic E-state index is 13.6. The Hall–Kier alpha value is -2.90. The van der Waals surface area contributed by atoms with Crippen LogP contribution in [0.15, 0.2) is 33.9 Å². The Morgan fingerprint density at radius 2 is 2.04 bits per heavy atom. The van der Waals surface area contributed by atoms with E-state index in [1.807, 2.05) is 24.8 Å². The first-order valence-electron chi connectivity index (χ1n) is 9.15. The molecule has 8 heteroatoms. The highest BCUT2D eigenvalue weighted by atomic mass is 19.1. The molecule has 2 aromatic heterocycles. The fraction of sp³-hybridized carbons (Fsp3) is 0.421. The van der Waals surface area contributed by atoms with E-state index >= 15 is 0 Å². The first-order chi connectivity index (χ1) is 13.0. The molecule has 0 bridgehead atoms. The summed E-state index contributed by atoms with van der Waals surface area (Å²) >= 11 is 0. The molecule has 0 saturated heterocycles. The van der Waals surface area contributed by atoms with Crippen LogP contribution >= 0.6 is 0 Å². The number of unbranched alkanes of at least 4 members (excludes halogenated alkanes) is 1. The van der Waals surface area contributed by atoms with Gasteiger partial charge in [0.25, 0.3) is 5.56 Å². The predicted octanol–water partition coefficient (Wildman–Crippen LogP) is 2.39. The molecule has 0 amide bonds. The molecule has 3 aromatic rings. The molecule has 0 atom stereocenters. The molecule has 0 aliphatic heterocycles. The van der Waals surface area contributed by atoms with Gasteiger partial charge in [-0.2, -0.15) is 0 Å². The van der Waals surface area contributed by atoms with E-state index in [-0.39, 0.29) is 5.82 Å². The number of aromatic amines is 1. The van der Waals surface area contributed by atoms with Gasteiger partial charge >= 0.3 is 5.69 Å². The number of nitrogens with one attached hydrogen (secondary N) is 1. The average molecular weight is 373 g/mol. The number of halogens is 1. The summed E-state index contributed by atoms with van der Waals surface area (Å²) in [4.78, 5) is 33.5. The third kappa shape index (κ3) is 3.65. The van der Waals surface area contributed by atoms with Crippen LogP contribution in [0.3, 0.4) is 0 Å². The fourth-order valence-corrected chi connectivity index (χ4v) is 3.19. The van der Waals surface area contributed by atoms with Crippen LogP contribution in [0, 0.1) is 5.82 Å². The lowest BCUT2D eigenvalue weighted by molar-refractivity contribution is 0.613. The van der Waals surface area contributed by atoms with E-state index in [9.17, 15) is 14.0 Å². The van der Waals surface area contributed by atoms with Crippen molar-refractivity contribution < 1.29 is 4.39 Å². The standard InChI is InChI=1S/C19H24FN5O2/c1-4-6-10-25-17-16(18(26)22-19(25)27)23(3)15(21-17)12-24(5-2)14-9-7-8-13(20)11-14/h7-9,11H,4-6,10,12H2,1-3H3,(H,22,26,27). The van der Waals surface area contributed by atoms with Crippen LogP contribution in [-0.4, -0.2) is 25.6 Å². The minimum absolute atomic E-state index is 0.305. The van der Waals surface area contributed by atoms with Crippen LogP contribution in [0.4, 0.5) is 10.1 Å². The van der Waals surface area contributed by atoms with Crippen LogP contribution in [0.2, 0.25) is 0 Å². The van der Waals surface area contributed by atoms with E-state index in [1.54, 1.807) is 17.7 Å². The third-order valence-corrected chi connectivity index (χ3v) is 4.73. The maximum Gasteiger partial charge on any atom is 0.330 e. The lowest BCUT2D eigenvalue weighted by Crippen LogP contribution is -2.31. The number of rotatable bonds is 7. The highest BCUT2D eigenvalue weighted by Gasteiger charge is 2.18. The molecule has 0 spiro atoms. The summed E-state index contributed by atoms with van der Waals surface area (Å²) in [6.45, 7) is 5.55. The first-order valence-corrected chi connectivity index (χ1v) is 9.15. The molecule has 3 rings (SSSR count). The van der Waals surface area contributed by atoms with Crippen molar-refractivity contribution in [3.63, 3.8) is 0 Å². The molecule has 0 unspecified atom stereocenters. The third-order valence-electron chi connectivity index (χ3n) is 4.73. The molecule has 27 heavy (non-hydrogen) atoms. The molecule has 7 nitrogen and oxygen atoms in total. The Morgan fingerprint density at radius 3 is 2.70 bits per heavy atom. The van der Waals surface area contributed by atoms with E-state index in [4.69, 9.17) is 0 Å². The smallest absolute Gasteiger partial charge is 0.330 e. The molecule has 0 aliphatic carbocycles. The van der Waals surface area contributed by atoms with Gasteiger partial charge in [0.05, 0.1) is 6.54 Å². The molecule has 1 N–H and O–H groups in total. The van der Waals surface area contributed by atoms with Gasteiger partial charge in [-0.3, -0.25) is 14.3 Å². The number of H-pyrrole nitrogens is 1. The molecular weight excluding hydrogens is 349 g/mol. The zero-order chi connectivity index (χ0) is 19.6. The Balaban J connectivity index is 2.07. The van der Waals surface area contributed by atoms with Crippen LogP contribution in [0.1, 0.15) is 32.5 Å². The van der Waals surface area contributed by atoms with Crippen molar-refractivity contribution in [1.82, 2.24) is 19.1 Å². The highest BCUT2D eigenvalue weighted by Crippen LogP contribution is 2.19. The maximum atomic E-state index is 13.6. The van der Waals surface area contributed by atoms with Gasteiger partial charge < -0.3 is 9.47 Å². The number of aryl methyl sites for hydroxylation is 2. The Bertz CT molecular complexity index is 1070. The second-order valence-corrected chi connectivity index (χ2v) is 6.52. The monoisotopic (exact) mass is 373 g/mol. The zero-order valence-corrected chi connectivity index (χ0v) is 15.8. The van der Waals surface area contributed by atoms with Gasteiger partial charge in [0.15, 0.2) is 11.2 Å². The van der Waals surface area contributed by atoms with Crippen LogP contribution in [0.25, 0.3) is 11.2 Å². The second kappa shape index (κ2) is 7.77. The number of anilines is 1. The topological polar surface area (TPSA) is 75.9 Å². The van der Waals surface area contributed by atoms with Gasteiger partial charge in [-0.25, -0.2) is 14.2 Å². The summed E-state index contributed by atoms with van der Waals surface area (Å²) in [5, 5.41) is 0. The van der Waals surface area contributed by atoms with E-state index in [0.29, 0.717) is 36.6 Å². The summed E-state index contributed by atoms with van der Waals surface area (Å²) in [6.07, 6.45) is 1.74. The molecule has 2 heterocycles. The van der Waals surface area contributed by atoms with Crippen molar-refractivity contribution in [2.24, 2.45) is 7.05 Å². The fourth-order valence-electron chi connectivity index (χ4n) is 3.19. The molecular formula is C19H24FN5O2. The number of benzene rings is 1. The van der Waals surface area contributed by atoms with Crippen LogP contribution in [-0.2, 0) is 20.1 Å². The summed E-state index contributed by atoms with van der Waals surface area (Å²) in [7, 11) is 1.76. The molecule has 0 fully saturated rings. The largest absolute Gasteiger partial charge is 0.364 e. The number of nitrogens with zero attached hydrogens (tertiary/aromatic N) is 4. The first kappa shape index (κ1) is 18.9. The number of fused-ring (bicyclic) bond motifs is 1. The van der Waals surface area contributed by atoms with Crippen molar-refractivity contribution in [3.8, 4) is 0 Å². The summed E-state index contributed by atoms with van der Waals surface area (Å²) in [5.41, 5.74) is 0.615. The number of hydrogen-bond donors (Lipinski definition) is 1. The van der Waals surface area contributed by atoms with Crippen molar-refractivity contribution >= 4 is 16.9 Å². The molecule has 0 radical (unpaired) electrons. The molecule has 144 valence electrons.